The Morgan fingerprint density at radius 1 is 1.00 bits per heavy atom. The third-order valence-electron chi connectivity index (χ3n) is 7.70. The molecule has 1 saturated heterocycles. The first-order valence-corrected chi connectivity index (χ1v) is 13.1. The number of carbonyl (C=O) groups is 1. The SMILES string of the molecule is C/C=C/C(=O)N1CCC(Nc2nc(N[C@H]3CC[C@H](N)CC3)nc3c2ncn3C2CCCC2)CC1. The number of nitrogens with one attached hydrogen (secondary N) is 2. The second kappa shape index (κ2) is 10.3. The molecule has 0 aromatic carbocycles. The van der Waals surface area contributed by atoms with E-state index in [1.54, 1.807) is 12.2 Å². The molecular weight excluding hydrogens is 428 g/mol. The molecule has 0 atom stereocenters. The number of nitrogens with two attached hydrogens (primary N) is 1. The number of fused-ring (bicyclic) bond motifs is 1. The van der Waals surface area contributed by atoms with E-state index >= 15 is 0 Å². The number of rotatable bonds is 6. The molecule has 2 saturated carbocycles. The van der Waals surface area contributed by atoms with Gasteiger partial charge in [0.25, 0.3) is 0 Å². The van der Waals surface area contributed by atoms with E-state index in [0.29, 0.717) is 24.1 Å². The lowest BCUT2D eigenvalue weighted by atomic mass is 9.92. The van der Waals surface area contributed by atoms with Crippen LogP contribution in [0.5, 0.6) is 0 Å². The molecule has 9 nitrogen and oxygen atoms in total. The first kappa shape index (κ1) is 23.1. The van der Waals surface area contributed by atoms with Gasteiger partial charge in [-0.1, -0.05) is 18.9 Å². The van der Waals surface area contributed by atoms with Crippen LogP contribution in [0.2, 0.25) is 0 Å². The molecule has 1 aliphatic heterocycles. The summed E-state index contributed by atoms with van der Waals surface area (Å²) in [6.45, 7) is 3.38. The third kappa shape index (κ3) is 5.04. The standard InChI is InChI=1S/C25H38N8O/c1-2-5-21(34)32-14-12-19(13-15-32)28-23-22-24(33(16-27-22)20-6-3-4-7-20)31-25(30-23)29-18-10-8-17(26)9-11-18/h2,5,16-20H,3-4,6-15,26H2,1H3,(H2,28,29,30,31)/b5-2+/t17-,18-. The maximum atomic E-state index is 12.2. The topological polar surface area (TPSA) is 114 Å². The molecule has 0 radical (unpaired) electrons. The van der Waals surface area contributed by atoms with E-state index in [2.05, 4.69) is 15.2 Å². The van der Waals surface area contributed by atoms with Crippen molar-refractivity contribution in [3.8, 4) is 0 Å². The molecule has 0 spiro atoms. The van der Waals surface area contributed by atoms with Crippen LogP contribution in [0.4, 0.5) is 11.8 Å². The zero-order valence-corrected chi connectivity index (χ0v) is 20.2. The second-order valence-electron chi connectivity index (χ2n) is 10.2. The van der Waals surface area contributed by atoms with E-state index in [1.807, 2.05) is 18.2 Å². The van der Waals surface area contributed by atoms with Crippen molar-refractivity contribution >= 4 is 28.8 Å². The summed E-state index contributed by atoms with van der Waals surface area (Å²) in [5.74, 6) is 1.57. The minimum absolute atomic E-state index is 0.0966. The number of likely N-dealkylation sites (tertiary alicyclic amines) is 1. The highest BCUT2D eigenvalue weighted by atomic mass is 16.2. The molecule has 9 heteroatoms. The van der Waals surface area contributed by atoms with Gasteiger partial charge in [-0.05, 0) is 64.4 Å². The van der Waals surface area contributed by atoms with Crippen molar-refractivity contribution in [1.82, 2.24) is 24.4 Å². The van der Waals surface area contributed by atoms with Crippen LogP contribution in [0.15, 0.2) is 18.5 Å². The largest absolute Gasteiger partial charge is 0.365 e. The molecule has 0 bridgehead atoms. The van der Waals surface area contributed by atoms with Gasteiger partial charge in [-0.15, -0.1) is 0 Å². The van der Waals surface area contributed by atoms with Crippen LogP contribution in [0, 0.1) is 0 Å². The van der Waals surface area contributed by atoms with E-state index in [-0.39, 0.29) is 11.9 Å². The highest BCUT2D eigenvalue weighted by molar-refractivity contribution is 5.87. The Morgan fingerprint density at radius 3 is 2.41 bits per heavy atom. The Balaban J connectivity index is 1.37. The fourth-order valence-electron chi connectivity index (χ4n) is 5.66. The Hall–Kier alpha value is -2.68. The number of amides is 1. The van der Waals surface area contributed by atoms with Gasteiger partial charge in [0, 0.05) is 37.3 Å². The number of piperidine rings is 1. The smallest absolute Gasteiger partial charge is 0.246 e. The normalized spacial score (nSPS) is 24.8. The molecule has 4 N–H and O–H groups in total. The Bertz CT molecular complexity index is 1010. The number of aromatic nitrogens is 4. The fraction of sp³-hybridized carbons (Fsp3) is 0.680. The van der Waals surface area contributed by atoms with Crippen LogP contribution in [0.25, 0.3) is 11.2 Å². The maximum Gasteiger partial charge on any atom is 0.246 e. The van der Waals surface area contributed by atoms with Gasteiger partial charge in [-0.25, -0.2) is 4.98 Å². The highest BCUT2D eigenvalue weighted by Gasteiger charge is 2.26. The number of hydrogen-bond donors (Lipinski definition) is 3. The summed E-state index contributed by atoms with van der Waals surface area (Å²) < 4.78 is 2.26. The van der Waals surface area contributed by atoms with Crippen LogP contribution in [-0.2, 0) is 4.79 Å². The number of allylic oxidation sites excluding steroid dienone is 1. The number of anilines is 2. The van der Waals surface area contributed by atoms with Gasteiger partial charge in [-0.3, -0.25) is 4.79 Å². The van der Waals surface area contributed by atoms with E-state index in [1.165, 1.54) is 25.7 Å². The van der Waals surface area contributed by atoms with Crippen molar-refractivity contribution in [2.75, 3.05) is 23.7 Å². The highest BCUT2D eigenvalue weighted by Crippen LogP contribution is 2.33. The average molecular weight is 467 g/mol. The predicted octanol–water partition coefficient (Wildman–Crippen LogP) is 3.60. The predicted molar refractivity (Wildman–Crippen MR) is 135 cm³/mol. The van der Waals surface area contributed by atoms with E-state index in [0.717, 1.165) is 68.6 Å². The molecular formula is C25H38N8O. The minimum Gasteiger partial charge on any atom is -0.365 e. The van der Waals surface area contributed by atoms with Crippen molar-refractivity contribution in [2.45, 2.75) is 95.3 Å². The molecule has 2 aromatic heterocycles. The molecule has 0 unspecified atom stereocenters. The summed E-state index contributed by atoms with van der Waals surface area (Å²) in [6, 6.07) is 1.39. The first-order chi connectivity index (χ1) is 16.6. The van der Waals surface area contributed by atoms with Gasteiger partial charge in [0.15, 0.2) is 17.0 Å². The van der Waals surface area contributed by atoms with Crippen LogP contribution < -0.4 is 16.4 Å². The third-order valence-corrected chi connectivity index (χ3v) is 7.70. The Labute approximate surface area is 201 Å². The van der Waals surface area contributed by atoms with Gasteiger partial charge < -0.3 is 25.8 Å². The quantitative estimate of drug-likeness (QED) is 0.557. The molecule has 2 aromatic rings. The second-order valence-corrected chi connectivity index (χ2v) is 10.2. The van der Waals surface area contributed by atoms with Crippen LogP contribution in [0.3, 0.4) is 0 Å². The molecule has 5 rings (SSSR count). The molecule has 3 fully saturated rings. The van der Waals surface area contributed by atoms with Gasteiger partial charge in [0.2, 0.25) is 11.9 Å². The van der Waals surface area contributed by atoms with Gasteiger partial charge in [0.05, 0.1) is 6.33 Å². The lowest BCUT2D eigenvalue weighted by Gasteiger charge is -2.32. The van der Waals surface area contributed by atoms with Crippen molar-refractivity contribution < 1.29 is 4.79 Å². The Morgan fingerprint density at radius 2 is 1.71 bits per heavy atom. The zero-order chi connectivity index (χ0) is 23.5. The van der Waals surface area contributed by atoms with Crippen molar-refractivity contribution in [3.63, 3.8) is 0 Å². The van der Waals surface area contributed by atoms with Crippen LogP contribution in [-0.4, -0.2) is 61.5 Å². The molecule has 184 valence electrons. The number of imidazole rings is 1. The van der Waals surface area contributed by atoms with E-state index in [4.69, 9.17) is 20.7 Å². The molecule has 3 heterocycles. The summed E-state index contributed by atoms with van der Waals surface area (Å²) in [5, 5.41) is 7.26. The van der Waals surface area contributed by atoms with Crippen molar-refractivity contribution in [2.24, 2.45) is 5.73 Å². The Kier molecular flexibility index (Phi) is 6.99. The van der Waals surface area contributed by atoms with Crippen LogP contribution in [0.1, 0.15) is 77.2 Å². The first-order valence-electron chi connectivity index (χ1n) is 13.1. The van der Waals surface area contributed by atoms with Gasteiger partial charge in [0.1, 0.15) is 0 Å². The van der Waals surface area contributed by atoms with E-state index in [9.17, 15) is 4.79 Å². The lowest BCUT2D eigenvalue weighted by molar-refractivity contribution is -0.126. The number of hydrogen-bond acceptors (Lipinski definition) is 7. The summed E-state index contributed by atoms with van der Waals surface area (Å²) in [4.78, 5) is 28.7. The summed E-state index contributed by atoms with van der Waals surface area (Å²) >= 11 is 0. The average Bonchev–Trinajstić information content (AvgIpc) is 3.51. The maximum absolute atomic E-state index is 12.2. The summed E-state index contributed by atoms with van der Waals surface area (Å²) in [5.41, 5.74) is 7.86. The van der Waals surface area contributed by atoms with Gasteiger partial charge >= 0.3 is 0 Å². The minimum atomic E-state index is 0.0966. The summed E-state index contributed by atoms with van der Waals surface area (Å²) in [6.07, 6.45) is 16.2. The van der Waals surface area contributed by atoms with Crippen LogP contribution >= 0.6 is 0 Å². The fourth-order valence-corrected chi connectivity index (χ4v) is 5.66. The van der Waals surface area contributed by atoms with Gasteiger partial charge in [-0.2, -0.15) is 9.97 Å². The molecule has 34 heavy (non-hydrogen) atoms. The monoisotopic (exact) mass is 466 g/mol. The molecule has 1 amide bonds. The van der Waals surface area contributed by atoms with E-state index < -0.39 is 0 Å². The zero-order valence-electron chi connectivity index (χ0n) is 20.2. The van der Waals surface area contributed by atoms with Crippen molar-refractivity contribution in [1.29, 1.82) is 0 Å². The number of nitrogens with zero attached hydrogens (tertiary/aromatic N) is 5. The molecule has 2 aliphatic carbocycles. The summed E-state index contributed by atoms with van der Waals surface area (Å²) in [7, 11) is 0. The van der Waals surface area contributed by atoms with Crippen molar-refractivity contribution in [3.05, 3.63) is 18.5 Å². The lowest BCUT2D eigenvalue weighted by Crippen LogP contribution is -2.41. The number of carbonyl (C=O) groups excluding carboxylic acids is 1. The molecule has 3 aliphatic rings.